The highest BCUT2D eigenvalue weighted by Gasteiger charge is 2.10. The quantitative estimate of drug-likeness (QED) is 0.925. The molecule has 20 heavy (non-hydrogen) atoms. The van der Waals surface area contributed by atoms with Crippen LogP contribution in [0, 0.1) is 13.8 Å². The van der Waals surface area contributed by atoms with Gasteiger partial charge in [0.15, 0.2) is 5.75 Å². The van der Waals surface area contributed by atoms with Gasteiger partial charge in [0.1, 0.15) is 17.3 Å². The molecule has 1 aromatic heterocycles. The predicted octanol–water partition coefficient (Wildman–Crippen LogP) is 3.47. The number of aryl methyl sites for hydroxylation is 2. The highest BCUT2D eigenvalue weighted by Crippen LogP contribution is 2.26. The maximum Gasteiger partial charge on any atom is 0.168 e. The normalized spacial score (nSPS) is 10.9. The van der Waals surface area contributed by atoms with Gasteiger partial charge in [0.05, 0.1) is 6.20 Å². The van der Waals surface area contributed by atoms with E-state index in [1.807, 2.05) is 26.0 Å². The Bertz CT molecular complexity index is 588. The van der Waals surface area contributed by atoms with Crippen molar-refractivity contribution < 1.29 is 4.74 Å². The van der Waals surface area contributed by atoms with Crippen LogP contribution in [0.15, 0.2) is 24.4 Å². The third-order valence-corrected chi connectivity index (χ3v) is 2.98. The number of hydrogen-bond donors (Lipinski definition) is 1. The van der Waals surface area contributed by atoms with Crippen molar-refractivity contribution in [3.63, 3.8) is 0 Å². The number of ether oxygens (including phenoxy) is 1. The van der Waals surface area contributed by atoms with Gasteiger partial charge in [-0.2, -0.15) is 0 Å². The van der Waals surface area contributed by atoms with Gasteiger partial charge in [-0.1, -0.05) is 19.9 Å². The molecule has 4 nitrogen and oxygen atoms in total. The lowest BCUT2D eigenvalue weighted by Crippen LogP contribution is -2.07. The van der Waals surface area contributed by atoms with Crippen molar-refractivity contribution in [1.29, 1.82) is 0 Å². The van der Waals surface area contributed by atoms with E-state index in [0.717, 1.165) is 28.4 Å². The zero-order chi connectivity index (χ0) is 14.7. The zero-order valence-corrected chi connectivity index (χ0v) is 12.5. The summed E-state index contributed by atoms with van der Waals surface area (Å²) < 4.78 is 5.89. The molecule has 0 aliphatic heterocycles. The van der Waals surface area contributed by atoms with E-state index in [1.54, 1.807) is 6.20 Å². The molecule has 2 aromatic rings. The molecular formula is C16H21N3O. The fourth-order valence-corrected chi connectivity index (χ4v) is 2.05. The monoisotopic (exact) mass is 271 g/mol. The number of nitrogens with two attached hydrogens (primary N) is 1. The van der Waals surface area contributed by atoms with Crippen LogP contribution in [0.4, 0.5) is 0 Å². The number of aromatic nitrogens is 2. The molecule has 1 heterocycles. The van der Waals surface area contributed by atoms with E-state index in [-0.39, 0.29) is 5.92 Å². The van der Waals surface area contributed by atoms with Gasteiger partial charge in [-0.15, -0.1) is 0 Å². The van der Waals surface area contributed by atoms with Gasteiger partial charge in [0.25, 0.3) is 0 Å². The molecule has 0 saturated carbocycles. The van der Waals surface area contributed by atoms with E-state index >= 15 is 0 Å². The van der Waals surface area contributed by atoms with Crippen LogP contribution in [0.25, 0.3) is 0 Å². The number of hydrogen-bond acceptors (Lipinski definition) is 4. The molecule has 2 N–H and O–H groups in total. The second kappa shape index (κ2) is 6.01. The maximum atomic E-state index is 5.89. The summed E-state index contributed by atoms with van der Waals surface area (Å²) in [6.45, 7) is 8.53. The van der Waals surface area contributed by atoms with E-state index in [2.05, 4.69) is 29.9 Å². The first-order valence-corrected chi connectivity index (χ1v) is 6.81. The first-order chi connectivity index (χ1) is 9.49. The number of rotatable bonds is 4. The van der Waals surface area contributed by atoms with Crippen LogP contribution in [0.3, 0.4) is 0 Å². The lowest BCUT2D eigenvalue weighted by molar-refractivity contribution is 0.466. The summed E-state index contributed by atoms with van der Waals surface area (Å²) in [6, 6.07) is 6.09. The molecule has 0 radical (unpaired) electrons. The van der Waals surface area contributed by atoms with E-state index in [0.29, 0.717) is 12.3 Å². The molecule has 106 valence electrons. The largest absolute Gasteiger partial charge is 0.454 e. The van der Waals surface area contributed by atoms with E-state index in [1.165, 1.54) is 0 Å². The van der Waals surface area contributed by atoms with Crippen LogP contribution in [-0.4, -0.2) is 9.97 Å². The second-order valence-electron chi connectivity index (χ2n) is 5.32. The van der Waals surface area contributed by atoms with Crippen molar-refractivity contribution >= 4 is 0 Å². The molecule has 0 bridgehead atoms. The topological polar surface area (TPSA) is 61.0 Å². The predicted molar refractivity (Wildman–Crippen MR) is 80.0 cm³/mol. The van der Waals surface area contributed by atoms with Gasteiger partial charge in [0, 0.05) is 12.5 Å². The third-order valence-electron chi connectivity index (χ3n) is 2.98. The van der Waals surface area contributed by atoms with Crippen LogP contribution in [0.1, 0.15) is 42.4 Å². The summed E-state index contributed by atoms with van der Waals surface area (Å²) in [5.41, 5.74) is 8.82. The summed E-state index contributed by atoms with van der Waals surface area (Å²) in [7, 11) is 0. The minimum atomic E-state index is 0.274. The van der Waals surface area contributed by atoms with Crippen molar-refractivity contribution in [3.05, 3.63) is 47.0 Å². The Hall–Kier alpha value is -1.94. The van der Waals surface area contributed by atoms with Crippen molar-refractivity contribution in [2.24, 2.45) is 5.73 Å². The molecule has 0 saturated heterocycles. The molecule has 0 unspecified atom stereocenters. The van der Waals surface area contributed by atoms with Gasteiger partial charge >= 0.3 is 0 Å². The summed E-state index contributed by atoms with van der Waals surface area (Å²) in [6.07, 6.45) is 1.71. The summed E-state index contributed by atoms with van der Waals surface area (Å²) in [4.78, 5) is 8.81. The molecule has 4 heteroatoms. The Kier molecular flexibility index (Phi) is 4.35. The Morgan fingerprint density at radius 3 is 2.35 bits per heavy atom. The molecule has 0 aliphatic rings. The van der Waals surface area contributed by atoms with Crippen LogP contribution < -0.4 is 10.5 Å². The van der Waals surface area contributed by atoms with Crippen LogP contribution >= 0.6 is 0 Å². The number of nitrogens with zero attached hydrogens (tertiary/aromatic N) is 2. The SMILES string of the molecule is Cc1cc(C)cc(Oc2cnc(C(C)C)nc2CN)c1. The molecule has 2 rings (SSSR count). The highest BCUT2D eigenvalue weighted by atomic mass is 16.5. The van der Waals surface area contributed by atoms with E-state index in [4.69, 9.17) is 10.5 Å². The molecule has 0 spiro atoms. The minimum absolute atomic E-state index is 0.274. The van der Waals surface area contributed by atoms with E-state index in [9.17, 15) is 0 Å². The van der Waals surface area contributed by atoms with Crippen molar-refractivity contribution in [1.82, 2.24) is 9.97 Å². The van der Waals surface area contributed by atoms with Gasteiger partial charge < -0.3 is 10.5 Å². The van der Waals surface area contributed by atoms with Crippen molar-refractivity contribution in [2.45, 2.75) is 40.2 Å². The first-order valence-electron chi connectivity index (χ1n) is 6.81. The van der Waals surface area contributed by atoms with Gasteiger partial charge in [-0.3, -0.25) is 0 Å². The molecule has 0 amide bonds. The Morgan fingerprint density at radius 1 is 1.15 bits per heavy atom. The fourth-order valence-electron chi connectivity index (χ4n) is 2.05. The maximum absolute atomic E-state index is 5.89. The van der Waals surface area contributed by atoms with Gasteiger partial charge in [0.2, 0.25) is 0 Å². The third kappa shape index (κ3) is 3.33. The lowest BCUT2D eigenvalue weighted by atomic mass is 10.1. The summed E-state index contributed by atoms with van der Waals surface area (Å²) >= 11 is 0. The first kappa shape index (κ1) is 14.5. The highest BCUT2D eigenvalue weighted by molar-refractivity contribution is 5.37. The van der Waals surface area contributed by atoms with Crippen molar-refractivity contribution in [3.8, 4) is 11.5 Å². The molecular weight excluding hydrogens is 250 g/mol. The van der Waals surface area contributed by atoms with Gasteiger partial charge in [-0.25, -0.2) is 9.97 Å². The van der Waals surface area contributed by atoms with Crippen LogP contribution in [-0.2, 0) is 6.54 Å². The molecule has 0 aliphatic carbocycles. The van der Waals surface area contributed by atoms with E-state index < -0.39 is 0 Å². The van der Waals surface area contributed by atoms with Gasteiger partial charge in [-0.05, 0) is 37.1 Å². The zero-order valence-electron chi connectivity index (χ0n) is 12.5. The molecule has 0 atom stereocenters. The average Bonchev–Trinajstić information content (AvgIpc) is 2.37. The van der Waals surface area contributed by atoms with Crippen LogP contribution in [0.2, 0.25) is 0 Å². The Labute approximate surface area is 120 Å². The number of benzene rings is 1. The van der Waals surface area contributed by atoms with Crippen LogP contribution in [0.5, 0.6) is 11.5 Å². The standard InChI is InChI=1S/C16H21N3O/c1-10(2)16-18-9-15(14(8-17)19-16)20-13-6-11(3)5-12(4)7-13/h5-7,9-10H,8,17H2,1-4H3. The van der Waals surface area contributed by atoms with Crippen molar-refractivity contribution in [2.75, 3.05) is 0 Å². The Balaban J connectivity index is 2.33. The average molecular weight is 271 g/mol. The smallest absolute Gasteiger partial charge is 0.168 e. The molecule has 1 aromatic carbocycles. The summed E-state index contributed by atoms with van der Waals surface area (Å²) in [5.74, 6) is 2.48. The summed E-state index contributed by atoms with van der Waals surface area (Å²) in [5, 5.41) is 0. The second-order valence-corrected chi connectivity index (χ2v) is 5.32. The Morgan fingerprint density at radius 2 is 1.80 bits per heavy atom. The molecule has 0 fully saturated rings. The lowest BCUT2D eigenvalue weighted by Gasteiger charge is -2.12. The minimum Gasteiger partial charge on any atom is -0.454 e. The fraction of sp³-hybridized carbons (Fsp3) is 0.375.